The Labute approximate surface area is 106 Å². The first-order valence-electron chi connectivity index (χ1n) is 4.86. The van der Waals surface area contributed by atoms with Crippen molar-refractivity contribution in [3.63, 3.8) is 0 Å². The lowest BCUT2D eigenvalue weighted by Crippen LogP contribution is -2.09. The maximum Gasteiger partial charge on any atom is 0.416 e. The summed E-state index contributed by atoms with van der Waals surface area (Å²) in [4.78, 5) is 0. The van der Waals surface area contributed by atoms with Crippen molar-refractivity contribution in [2.45, 2.75) is 19.0 Å². The molecule has 0 saturated carbocycles. The van der Waals surface area contributed by atoms with Crippen LogP contribution in [-0.2, 0) is 6.18 Å². The van der Waals surface area contributed by atoms with Crippen LogP contribution in [0.4, 0.5) is 13.2 Å². The van der Waals surface area contributed by atoms with Gasteiger partial charge in [0.1, 0.15) is 5.75 Å². The van der Waals surface area contributed by atoms with Crippen LogP contribution in [0, 0.1) is 0 Å². The fraction of sp³-hybridized carbons (Fsp3) is 0.455. The largest absolute Gasteiger partial charge is 0.496 e. The Kier molecular flexibility index (Phi) is 4.43. The lowest BCUT2D eigenvalue weighted by Gasteiger charge is -2.18. The summed E-state index contributed by atoms with van der Waals surface area (Å²) >= 11 is 3.08. The predicted molar refractivity (Wildman–Crippen MR) is 61.2 cm³/mol. The quantitative estimate of drug-likeness (QED) is 0.924. The second-order valence-corrected chi connectivity index (χ2v) is 4.51. The van der Waals surface area contributed by atoms with Crippen molar-refractivity contribution in [3.8, 4) is 5.75 Å². The van der Waals surface area contributed by atoms with E-state index in [0.29, 0.717) is 5.56 Å². The third-order valence-corrected chi connectivity index (χ3v) is 3.06. The molecule has 1 aromatic carbocycles. The van der Waals surface area contributed by atoms with Gasteiger partial charge in [-0.05, 0) is 12.1 Å². The van der Waals surface area contributed by atoms with Gasteiger partial charge in [0.25, 0.3) is 0 Å². The normalized spacial score (nSPS) is 13.6. The number of hydrogen-bond donors (Lipinski definition) is 1. The van der Waals surface area contributed by atoms with Crippen LogP contribution >= 0.6 is 15.9 Å². The molecule has 1 rings (SSSR count). The Morgan fingerprint density at radius 2 is 2.00 bits per heavy atom. The van der Waals surface area contributed by atoms with E-state index >= 15 is 0 Å². The third kappa shape index (κ3) is 3.13. The molecule has 0 amide bonds. The van der Waals surface area contributed by atoms with E-state index in [1.54, 1.807) is 6.92 Å². The molecule has 0 aromatic heterocycles. The molecule has 1 N–H and O–H groups in total. The van der Waals surface area contributed by atoms with Gasteiger partial charge in [0.15, 0.2) is 0 Å². The van der Waals surface area contributed by atoms with Crippen LogP contribution in [0.3, 0.4) is 0 Å². The average Bonchev–Trinajstić information content (AvgIpc) is 2.25. The summed E-state index contributed by atoms with van der Waals surface area (Å²) in [5.74, 6) is -0.185. The molecule has 0 radical (unpaired) electrons. The van der Waals surface area contributed by atoms with Crippen molar-refractivity contribution in [1.82, 2.24) is 0 Å². The highest BCUT2D eigenvalue weighted by Gasteiger charge is 2.32. The lowest BCUT2D eigenvalue weighted by atomic mass is 9.99. The van der Waals surface area contributed by atoms with Gasteiger partial charge < -0.3 is 9.84 Å². The monoisotopic (exact) mass is 312 g/mol. The van der Waals surface area contributed by atoms with Crippen molar-refractivity contribution in [2.24, 2.45) is 0 Å². The zero-order chi connectivity index (χ0) is 13.2. The van der Waals surface area contributed by atoms with Crippen molar-refractivity contribution in [1.29, 1.82) is 0 Å². The Bertz CT molecular complexity index is 404. The SMILES string of the molecule is COc1cc(C(F)(F)F)cc(Br)c1C(C)CO. The summed E-state index contributed by atoms with van der Waals surface area (Å²) in [7, 11) is 1.30. The molecule has 0 bridgehead atoms. The number of aliphatic hydroxyl groups excluding tert-OH is 1. The molecular formula is C11H12BrF3O2. The fourth-order valence-corrected chi connectivity index (χ4v) is 2.33. The van der Waals surface area contributed by atoms with Crippen LogP contribution < -0.4 is 4.74 Å². The van der Waals surface area contributed by atoms with Gasteiger partial charge in [0.2, 0.25) is 0 Å². The van der Waals surface area contributed by atoms with E-state index in [4.69, 9.17) is 9.84 Å². The second kappa shape index (κ2) is 5.27. The summed E-state index contributed by atoms with van der Waals surface area (Å²) in [5, 5.41) is 9.06. The first-order valence-corrected chi connectivity index (χ1v) is 5.66. The molecule has 96 valence electrons. The number of aliphatic hydroxyl groups is 1. The molecular weight excluding hydrogens is 301 g/mol. The molecule has 0 fully saturated rings. The second-order valence-electron chi connectivity index (χ2n) is 3.66. The molecule has 17 heavy (non-hydrogen) atoms. The van der Waals surface area contributed by atoms with Gasteiger partial charge in [-0.15, -0.1) is 0 Å². The molecule has 0 heterocycles. The van der Waals surface area contributed by atoms with E-state index in [1.807, 2.05) is 0 Å². The van der Waals surface area contributed by atoms with Crippen LogP contribution in [0.2, 0.25) is 0 Å². The number of alkyl halides is 3. The zero-order valence-electron chi connectivity index (χ0n) is 9.31. The highest BCUT2D eigenvalue weighted by atomic mass is 79.9. The smallest absolute Gasteiger partial charge is 0.416 e. The highest BCUT2D eigenvalue weighted by molar-refractivity contribution is 9.10. The molecule has 1 unspecified atom stereocenters. The van der Waals surface area contributed by atoms with E-state index in [9.17, 15) is 13.2 Å². The molecule has 2 nitrogen and oxygen atoms in total. The van der Waals surface area contributed by atoms with Crippen molar-refractivity contribution in [3.05, 3.63) is 27.7 Å². The van der Waals surface area contributed by atoms with Gasteiger partial charge in [-0.25, -0.2) is 0 Å². The Hall–Kier alpha value is -0.750. The summed E-state index contributed by atoms with van der Waals surface area (Å²) < 4.78 is 42.9. The van der Waals surface area contributed by atoms with Crippen LogP contribution in [0.1, 0.15) is 24.0 Å². The molecule has 0 aliphatic carbocycles. The minimum Gasteiger partial charge on any atom is -0.496 e. The Morgan fingerprint density at radius 1 is 1.41 bits per heavy atom. The van der Waals surface area contributed by atoms with Crippen LogP contribution in [0.5, 0.6) is 5.75 Å². The maximum absolute atomic E-state index is 12.6. The lowest BCUT2D eigenvalue weighted by molar-refractivity contribution is -0.137. The Balaban J connectivity index is 3.36. The highest BCUT2D eigenvalue weighted by Crippen LogP contribution is 2.39. The minimum atomic E-state index is -4.42. The van der Waals surface area contributed by atoms with E-state index in [0.717, 1.165) is 12.1 Å². The predicted octanol–water partition coefficient (Wildman–Crippen LogP) is 3.57. The van der Waals surface area contributed by atoms with Crippen molar-refractivity contribution < 1.29 is 23.0 Å². The molecule has 1 atom stereocenters. The van der Waals surface area contributed by atoms with E-state index < -0.39 is 11.7 Å². The van der Waals surface area contributed by atoms with Gasteiger partial charge in [0.05, 0.1) is 12.7 Å². The van der Waals surface area contributed by atoms with Crippen LogP contribution in [0.15, 0.2) is 16.6 Å². The van der Waals surface area contributed by atoms with E-state index in [1.165, 1.54) is 7.11 Å². The van der Waals surface area contributed by atoms with E-state index in [2.05, 4.69) is 15.9 Å². The molecule has 6 heteroatoms. The topological polar surface area (TPSA) is 29.5 Å². The minimum absolute atomic E-state index is 0.119. The summed E-state index contributed by atoms with van der Waals surface area (Å²) in [6, 6.07) is 1.93. The molecule has 0 aliphatic rings. The molecule has 0 aliphatic heterocycles. The molecule has 1 aromatic rings. The molecule has 0 spiro atoms. The van der Waals surface area contributed by atoms with Crippen LogP contribution in [-0.4, -0.2) is 18.8 Å². The standard InChI is InChI=1S/C11H12BrF3O2/c1-6(5-16)10-8(12)3-7(11(13,14)15)4-9(10)17-2/h3-4,6,16H,5H2,1-2H3. The summed E-state index contributed by atoms with van der Waals surface area (Å²) in [6.07, 6.45) is -4.42. The number of halogens is 4. The van der Waals surface area contributed by atoms with Crippen molar-refractivity contribution in [2.75, 3.05) is 13.7 Å². The number of hydrogen-bond acceptors (Lipinski definition) is 2. The van der Waals surface area contributed by atoms with Gasteiger partial charge in [0, 0.05) is 22.6 Å². The molecule has 0 saturated heterocycles. The fourth-order valence-electron chi connectivity index (χ4n) is 1.49. The van der Waals surface area contributed by atoms with Gasteiger partial charge >= 0.3 is 6.18 Å². The maximum atomic E-state index is 12.6. The summed E-state index contributed by atoms with van der Waals surface area (Å²) in [6.45, 7) is 1.54. The van der Waals surface area contributed by atoms with E-state index in [-0.39, 0.29) is 22.7 Å². The third-order valence-electron chi connectivity index (χ3n) is 2.41. The van der Waals surface area contributed by atoms with Crippen molar-refractivity contribution >= 4 is 15.9 Å². The van der Waals surface area contributed by atoms with Crippen LogP contribution in [0.25, 0.3) is 0 Å². The Morgan fingerprint density at radius 3 is 2.41 bits per heavy atom. The number of benzene rings is 1. The first-order chi connectivity index (χ1) is 7.81. The first kappa shape index (κ1) is 14.3. The zero-order valence-corrected chi connectivity index (χ0v) is 10.9. The van der Waals surface area contributed by atoms with Gasteiger partial charge in [-0.1, -0.05) is 22.9 Å². The summed E-state index contributed by atoms with van der Waals surface area (Å²) in [5.41, 5.74) is -0.252. The van der Waals surface area contributed by atoms with Gasteiger partial charge in [-0.2, -0.15) is 13.2 Å². The number of ether oxygens (including phenoxy) is 1. The average molecular weight is 313 g/mol. The van der Waals surface area contributed by atoms with Gasteiger partial charge in [-0.3, -0.25) is 0 Å². The number of rotatable bonds is 3. The number of methoxy groups -OCH3 is 1.